The lowest BCUT2D eigenvalue weighted by Gasteiger charge is -2.32. The lowest BCUT2D eigenvalue weighted by atomic mass is 10.1. The van der Waals surface area contributed by atoms with E-state index < -0.39 is 22.8 Å². The zero-order valence-corrected chi connectivity index (χ0v) is 18.7. The number of amidine groups is 1. The summed E-state index contributed by atoms with van der Waals surface area (Å²) in [7, 11) is 0. The van der Waals surface area contributed by atoms with Crippen molar-refractivity contribution in [2.75, 3.05) is 11.9 Å². The van der Waals surface area contributed by atoms with Gasteiger partial charge in [0.15, 0.2) is 5.17 Å². The number of hydrogen-bond acceptors (Lipinski definition) is 4. The number of amides is 2. The number of benzene rings is 3. The van der Waals surface area contributed by atoms with E-state index in [0.29, 0.717) is 11.3 Å². The van der Waals surface area contributed by atoms with Gasteiger partial charge in [-0.2, -0.15) is 0 Å². The van der Waals surface area contributed by atoms with E-state index in [1.165, 1.54) is 53.4 Å². The Morgan fingerprint density at radius 2 is 1.65 bits per heavy atom. The van der Waals surface area contributed by atoms with E-state index in [0.717, 1.165) is 11.8 Å². The Hall–Kier alpha value is -3.59. The fraction of sp³-hybridized carbons (Fsp3) is 0.160. The van der Waals surface area contributed by atoms with Crippen molar-refractivity contribution in [3.63, 3.8) is 0 Å². The number of nitrogens with zero attached hydrogens (tertiary/aromatic N) is 2. The molecule has 4 rings (SSSR count). The van der Waals surface area contributed by atoms with Crippen LogP contribution < -0.4 is 5.32 Å². The molecule has 2 amide bonds. The summed E-state index contributed by atoms with van der Waals surface area (Å²) in [5, 5.41) is 1.89. The Balaban J connectivity index is 1.57. The minimum Gasteiger partial charge on any atom is -0.323 e. The van der Waals surface area contributed by atoms with Gasteiger partial charge in [-0.05, 0) is 54.4 Å². The molecule has 1 atom stereocenters. The number of para-hydroxylation sites is 1. The van der Waals surface area contributed by atoms with E-state index in [1.54, 1.807) is 24.3 Å². The molecule has 1 aliphatic rings. The maximum atomic E-state index is 14.1. The van der Waals surface area contributed by atoms with Crippen LogP contribution in [0, 0.1) is 17.5 Å². The number of carbonyl (C=O) groups is 2. The molecular formula is C25H20F3N3O2S. The molecule has 34 heavy (non-hydrogen) atoms. The van der Waals surface area contributed by atoms with Gasteiger partial charge in [0.05, 0.1) is 11.4 Å². The lowest BCUT2D eigenvalue weighted by Crippen LogP contribution is -2.46. The van der Waals surface area contributed by atoms with Gasteiger partial charge in [-0.3, -0.25) is 14.5 Å². The zero-order chi connectivity index (χ0) is 24.1. The van der Waals surface area contributed by atoms with E-state index in [9.17, 15) is 22.8 Å². The van der Waals surface area contributed by atoms with Crippen LogP contribution in [0.1, 0.15) is 12.0 Å². The predicted octanol–water partition coefficient (Wildman–Crippen LogP) is 5.31. The van der Waals surface area contributed by atoms with Gasteiger partial charge in [0.1, 0.15) is 22.7 Å². The molecule has 0 saturated carbocycles. The molecule has 9 heteroatoms. The molecule has 5 nitrogen and oxygen atoms in total. The number of thioether (sulfide) groups is 1. The molecule has 0 radical (unpaired) electrons. The quantitative estimate of drug-likeness (QED) is 0.517. The summed E-state index contributed by atoms with van der Waals surface area (Å²) < 4.78 is 41.4. The molecule has 0 spiro atoms. The van der Waals surface area contributed by atoms with Crippen LogP contribution in [0.2, 0.25) is 0 Å². The monoisotopic (exact) mass is 483 g/mol. The molecular weight excluding hydrogens is 463 g/mol. The number of nitrogens with one attached hydrogen (secondary N) is 1. The van der Waals surface area contributed by atoms with Gasteiger partial charge in [-0.25, -0.2) is 18.2 Å². The highest BCUT2D eigenvalue weighted by Crippen LogP contribution is 2.30. The van der Waals surface area contributed by atoms with Crippen LogP contribution in [0.5, 0.6) is 0 Å². The SMILES string of the molecule is O=C(Nc1ccccc1F)C1CC(=O)N(CCc2ccccc2F)C(=Nc2ccc(F)cc2)S1. The summed E-state index contributed by atoms with van der Waals surface area (Å²) >= 11 is 1.05. The van der Waals surface area contributed by atoms with Crippen LogP contribution in [0.4, 0.5) is 24.5 Å². The van der Waals surface area contributed by atoms with E-state index >= 15 is 0 Å². The van der Waals surface area contributed by atoms with Crippen molar-refractivity contribution in [2.45, 2.75) is 18.1 Å². The van der Waals surface area contributed by atoms with Crippen molar-refractivity contribution >= 4 is 40.1 Å². The van der Waals surface area contributed by atoms with Crippen LogP contribution in [0.25, 0.3) is 0 Å². The standard InChI is InChI=1S/C25H20F3N3O2S/c26-17-9-11-18(12-10-17)29-25-31(14-13-16-5-1-2-6-19(16)27)23(32)15-22(34-25)24(33)30-21-8-4-3-7-20(21)28/h1-12,22H,13-15H2,(H,30,33). The van der Waals surface area contributed by atoms with Gasteiger partial charge in [0.25, 0.3) is 0 Å². The number of halogens is 3. The van der Waals surface area contributed by atoms with Crippen molar-refractivity contribution in [2.24, 2.45) is 4.99 Å². The van der Waals surface area contributed by atoms with Crippen LogP contribution >= 0.6 is 11.8 Å². The second kappa shape index (κ2) is 10.6. The van der Waals surface area contributed by atoms with Gasteiger partial charge >= 0.3 is 0 Å². The highest BCUT2D eigenvalue weighted by Gasteiger charge is 2.36. The molecule has 3 aromatic rings. The van der Waals surface area contributed by atoms with Crippen molar-refractivity contribution in [3.05, 3.63) is 95.8 Å². The molecule has 1 N–H and O–H groups in total. The van der Waals surface area contributed by atoms with Crippen molar-refractivity contribution in [3.8, 4) is 0 Å². The Bertz CT molecular complexity index is 1230. The van der Waals surface area contributed by atoms with E-state index in [4.69, 9.17) is 0 Å². The van der Waals surface area contributed by atoms with E-state index in [1.807, 2.05) is 0 Å². The van der Waals surface area contributed by atoms with Gasteiger partial charge in [-0.15, -0.1) is 0 Å². The average Bonchev–Trinajstić information content (AvgIpc) is 2.82. The fourth-order valence-corrected chi connectivity index (χ4v) is 4.52. The summed E-state index contributed by atoms with van der Waals surface area (Å²) in [6.45, 7) is 0.147. The number of hydrogen-bond donors (Lipinski definition) is 1. The third-order valence-corrected chi connectivity index (χ3v) is 6.37. The Morgan fingerprint density at radius 1 is 0.971 bits per heavy atom. The highest BCUT2D eigenvalue weighted by atomic mass is 32.2. The lowest BCUT2D eigenvalue weighted by molar-refractivity contribution is -0.129. The average molecular weight is 484 g/mol. The fourth-order valence-electron chi connectivity index (χ4n) is 3.40. The number of carbonyl (C=O) groups excluding carboxylic acids is 2. The molecule has 0 aliphatic carbocycles. The first-order chi connectivity index (χ1) is 16.4. The van der Waals surface area contributed by atoms with Gasteiger partial charge in [0.2, 0.25) is 11.8 Å². The summed E-state index contributed by atoms with van der Waals surface area (Å²) in [5.41, 5.74) is 0.850. The van der Waals surface area contributed by atoms with E-state index in [2.05, 4.69) is 10.3 Å². The molecule has 0 bridgehead atoms. The largest absolute Gasteiger partial charge is 0.323 e. The molecule has 3 aromatic carbocycles. The van der Waals surface area contributed by atoms with Crippen LogP contribution in [-0.4, -0.2) is 33.7 Å². The Morgan fingerprint density at radius 3 is 2.35 bits per heavy atom. The minimum atomic E-state index is -0.851. The summed E-state index contributed by atoms with van der Waals surface area (Å²) in [6.07, 6.45) is 0.109. The Labute approximate surface area is 198 Å². The molecule has 1 unspecified atom stereocenters. The topological polar surface area (TPSA) is 61.8 Å². The van der Waals surface area contributed by atoms with Gasteiger partial charge in [-0.1, -0.05) is 42.1 Å². The first-order valence-electron chi connectivity index (χ1n) is 10.5. The molecule has 174 valence electrons. The zero-order valence-electron chi connectivity index (χ0n) is 17.9. The van der Waals surface area contributed by atoms with Gasteiger partial charge < -0.3 is 5.32 Å². The Kier molecular flexibility index (Phi) is 7.32. The van der Waals surface area contributed by atoms with Crippen LogP contribution in [0.3, 0.4) is 0 Å². The van der Waals surface area contributed by atoms with Crippen LogP contribution in [-0.2, 0) is 16.0 Å². The third-order valence-electron chi connectivity index (χ3n) is 5.18. The summed E-state index contributed by atoms with van der Waals surface area (Å²) in [4.78, 5) is 31.7. The molecule has 1 heterocycles. The van der Waals surface area contributed by atoms with E-state index in [-0.39, 0.29) is 42.0 Å². The molecule has 1 aliphatic heterocycles. The van der Waals surface area contributed by atoms with Crippen LogP contribution in [0.15, 0.2) is 77.8 Å². The molecule has 0 aromatic heterocycles. The molecule has 1 fully saturated rings. The number of anilines is 1. The third kappa shape index (κ3) is 5.66. The van der Waals surface area contributed by atoms with Crippen molar-refractivity contribution in [1.29, 1.82) is 0 Å². The normalized spacial score (nSPS) is 17.1. The number of rotatable bonds is 6. The smallest absolute Gasteiger partial charge is 0.238 e. The van der Waals surface area contributed by atoms with Crippen molar-refractivity contribution in [1.82, 2.24) is 4.90 Å². The summed E-state index contributed by atoms with van der Waals surface area (Å²) in [5.74, 6) is -2.31. The number of aliphatic imine (C=N–C) groups is 1. The maximum absolute atomic E-state index is 14.1. The second-order valence-electron chi connectivity index (χ2n) is 7.54. The summed E-state index contributed by atoms with van der Waals surface area (Å²) in [6, 6.07) is 17.4. The highest BCUT2D eigenvalue weighted by molar-refractivity contribution is 8.15. The predicted molar refractivity (Wildman–Crippen MR) is 126 cm³/mol. The first-order valence-corrected chi connectivity index (χ1v) is 11.4. The van der Waals surface area contributed by atoms with Gasteiger partial charge in [0, 0.05) is 13.0 Å². The van der Waals surface area contributed by atoms with Crippen molar-refractivity contribution < 1.29 is 22.8 Å². The molecule has 1 saturated heterocycles. The maximum Gasteiger partial charge on any atom is 0.238 e. The minimum absolute atomic E-state index is 0.0135. The first kappa shape index (κ1) is 23.6. The second-order valence-corrected chi connectivity index (χ2v) is 8.71.